The summed E-state index contributed by atoms with van der Waals surface area (Å²) in [5.74, 6) is 1.02. The second-order valence-corrected chi connectivity index (χ2v) is 5.50. The van der Waals surface area contributed by atoms with E-state index in [1.807, 2.05) is 36.2 Å². The average molecular weight is 342 g/mol. The molecular weight excluding hydrogens is 328 g/mol. The molecule has 1 atom stereocenters. The predicted octanol–water partition coefficient (Wildman–Crippen LogP) is 3.67. The first-order valence-corrected chi connectivity index (χ1v) is 6.93. The first-order valence-electron chi connectivity index (χ1n) is 5.75. The van der Waals surface area contributed by atoms with Gasteiger partial charge in [0.05, 0.1) is 6.04 Å². The molecule has 0 amide bonds. The smallest absolute Gasteiger partial charge is 0.228 e. The van der Waals surface area contributed by atoms with Gasteiger partial charge in [0.1, 0.15) is 10.4 Å². The van der Waals surface area contributed by atoms with Crippen LogP contribution in [0.1, 0.15) is 18.5 Å². The molecule has 1 aromatic heterocycles. The summed E-state index contributed by atoms with van der Waals surface area (Å²) in [6, 6.07) is 9.51. The van der Waals surface area contributed by atoms with E-state index in [1.54, 1.807) is 6.07 Å². The van der Waals surface area contributed by atoms with Gasteiger partial charge in [-0.15, -0.1) is 0 Å². The Balaban J connectivity index is 2.27. The molecule has 0 saturated carbocycles. The zero-order valence-electron chi connectivity index (χ0n) is 10.6. The van der Waals surface area contributed by atoms with Crippen molar-refractivity contribution < 1.29 is 0 Å². The fraction of sp³-hybridized carbons (Fsp3) is 0.231. The van der Waals surface area contributed by atoms with Crippen LogP contribution in [0.3, 0.4) is 0 Å². The van der Waals surface area contributed by atoms with Gasteiger partial charge in [-0.3, -0.25) is 0 Å². The molecule has 19 heavy (non-hydrogen) atoms. The predicted molar refractivity (Wildman–Crippen MR) is 82.4 cm³/mol. The molecule has 0 aliphatic carbocycles. The molecule has 1 heterocycles. The zero-order valence-corrected chi connectivity index (χ0v) is 13.0. The lowest BCUT2D eigenvalue weighted by molar-refractivity contribution is 0.715. The van der Waals surface area contributed by atoms with Crippen molar-refractivity contribution in [3.63, 3.8) is 0 Å². The van der Waals surface area contributed by atoms with Crippen molar-refractivity contribution in [3.8, 4) is 0 Å². The van der Waals surface area contributed by atoms with E-state index in [4.69, 9.17) is 17.3 Å². The van der Waals surface area contributed by atoms with Crippen LogP contribution < -0.4 is 10.6 Å². The number of nitrogens with zero attached hydrogens (tertiary/aromatic N) is 3. The number of nitrogens with two attached hydrogens (primary N) is 1. The highest BCUT2D eigenvalue weighted by Gasteiger charge is 2.15. The molecule has 100 valence electrons. The minimum atomic E-state index is 0.117. The molecule has 2 aromatic rings. The van der Waals surface area contributed by atoms with Gasteiger partial charge in [-0.25, -0.2) is 4.98 Å². The largest absolute Gasteiger partial charge is 0.383 e. The van der Waals surface area contributed by atoms with Crippen molar-refractivity contribution >= 4 is 39.3 Å². The Labute approximate surface area is 125 Å². The van der Waals surface area contributed by atoms with Gasteiger partial charge in [0.2, 0.25) is 5.95 Å². The summed E-state index contributed by atoms with van der Waals surface area (Å²) in [6.07, 6.45) is 0. The summed E-state index contributed by atoms with van der Waals surface area (Å²) < 4.78 is 0.671. The van der Waals surface area contributed by atoms with Crippen LogP contribution in [0.15, 0.2) is 34.9 Å². The Kier molecular flexibility index (Phi) is 4.27. The second-order valence-electron chi connectivity index (χ2n) is 4.25. The van der Waals surface area contributed by atoms with Gasteiger partial charge in [-0.05, 0) is 40.5 Å². The van der Waals surface area contributed by atoms with Gasteiger partial charge in [0, 0.05) is 18.1 Å². The number of halogens is 2. The van der Waals surface area contributed by atoms with Gasteiger partial charge in [0.25, 0.3) is 0 Å². The molecule has 0 saturated heterocycles. The van der Waals surface area contributed by atoms with Gasteiger partial charge < -0.3 is 10.6 Å². The molecule has 2 rings (SSSR count). The molecular formula is C13H14BrClN4. The van der Waals surface area contributed by atoms with E-state index in [0.717, 1.165) is 10.6 Å². The molecule has 4 nitrogen and oxygen atoms in total. The van der Waals surface area contributed by atoms with Gasteiger partial charge >= 0.3 is 0 Å². The minimum Gasteiger partial charge on any atom is -0.383 e. The number of hydrogen-bond acceptors (Lipinski definition) is 4. The fourth-order valence-corrected chi connectivity index (χ4v) is 2.24. The van der Waals surface area contributed by atoms with Crippen molar-refractivity contribution in [1.82, 2.24) is 9.97 Å². The Hall–Kier alpha value is -1.33. The van der Waals surface area contributed by atoms with Crippen LogP contribution in [0.2, 0.25) is 5.02 Å². The molecule has 0 bridgehead atoms. The van der Waals surface area contributed by atoms with E-state index >= 15 is 0 Å². The second kappa shape index (κ2) is 5.75. The third kappa shape index (κ3) is 3.36. The van der Waals surface area contributed by atoms with E-state index in [2.05, 4.69) is 32.8 Å². The first-order chi connectivity index (χ1) is 8.97. The van der Waals surface area contributed by atoms with Crippen molar-refractivity contribution in [2.75, 3.05) is 17.7 Å². The minimum absolute atomic E-state index is 0.117. The fourth-order valence-electron chi connectivity index (χ4n) is 1.72. The molecule has 6 heteroatoms. The van der Waals surface area contributed by atoms with E-state index in [0.29, 0.717) is 16.4 Å². The molecule has 1 unspecified atom stereocenters. The van der Waals surface area contributed by atoms with Crippen LogP contribution in [0.4, 0.5) is 11.8 Å². The van der Waals surface area contributed by atoms with Crippen LogP contribution in [-0.4, -0.2) is 17.0 Å². The lowest BCUT2D eigenvalue weighted by Gasteiger charge is -2.25. The van der Waals surface area contributed by atoms with Crippen molar-refractivity contribution in [3.05, 3.63) is 45.5 Å². The molecule has 0 spiro atoms. The summed E-state index contributed by atoms with van der Waals surface area (Å²) in [5, 5.41) is 0.724. The third-order valence-electron chi connectivity index (χ3n) is 2.95. The first kappa shape index (κ1) is 14.1. The molecule has 1 aromatic carbocycles. The summed E-state index contributed by atoms with van der Waals surface area (Å²) in [4.78, 5) is 10.5. The lowest BCUT2D eigenvalue weighted by atomic mass is 10.1. The van der Waals surface area contributed by atoms with E-state index in [9.17, 15) is 0 Å². The van der Waals surface area contributed by atoms with E-state index in [1.165, 1.54) is 0 Å². The quantitative estimate of drug-likeness (QED) is 0.865. The number of aromatic nitrogens is 2. The monoisotopic (exact) mass is 340 g/mol. The Morgan fingerprint density at radius 2 is 1.89 bits per heavy atom. The summed E-state index contributed by atoms with van der Waals surface area (Å²) in [6.45, 7) is 2.07. The number of nitrogen functional groups attached to an aromatic ring is 1. The zero-order chi connectivity index (χ0) is 14.0. The highest BCUT2D eigenvalue weighted by Crippen LogP contribution is 2.25. The lowest BCUT2D eigenvalue weighted by Crippen LogP contribution is -2.24. The number of rotatable bonds is 3. The van der Waals surface area contributed by atoms with Crippen molar-refractivity contribution in [2.24, 2.45) is 0 Å². The van der Waals surface area contributed by atoms with Crippen LogP contribution in [-0.2, 0) is 0 Å². The summed E-state index contributed by atoms with van der Waals surface area (Å²) >= 11 is 9.21. The molecule has 0 aliphatic heterocycles. The molecule has 0 fully saturated rings. The maximum Gasteiger partial charge on any atom is 0.228 e. The van der Waals surface area contributed by atoms with Gasteiger partial charge in [-0.2, -0.15) is 4.98 Å². The molecule has 0 radical (unpaired) electrons. The van der Waals surface area contributed by atoms with Crippen LogP contribution in [0.25, 0.3) is 0 Å². The maximum absolute atomic E-state index is 5.89. The van der Waals surface area contributed by atoms with Gasteiger partial charge in [-0.1, -0.05) is 23.7 Å². The van der Waals surface area contributed by atoms with Gasteiger partial charge in [0.15, 0.2) is 0 Å². The molecule has 2 N–H and O–H groups in total. The van der Waals surface area contributed by atoms with Crippen molar-refractivity contribution in [2.45, 2.75) is 13.0 Å². The number of anilines is 2. The Bertz CT molecular complexity index is 553. The Morgan fingerprint density at radius 3 is 2.47 bits per heavy atom. The van der Waals surface area contributed by atoms with Crippen molar-refractivity contribution in [1.29, 1.82) is 0 Å². The Morgan fingerprint density at radius 1 is 1.26 bits per heavy atom. The molecule has 0 aliphatic rings. The maximum atomic E-state index is 5.89. The third-order valence-corrected chi connectivity index (χ3v) is 3.61. The highest BCUT2D eigenvalue weighted by atomic mass is 79.9. The summed E-state index contributed by atoms with van der Waals surface area (Å²) in [5.41, 5.74) is 6.86. The topological polar surface area (TPSA) is 55.0 Å². The normalized spacial score (nSPS) is 12.2. The van der Waals surface area contributed by atoms with E-state index < -0.39 is 0 Å². The SMILES string of the molecule is CC(c1ccc(Cl)cc1)N(C)c1nc(N)cc(Br)n1. The van der Waals surface area contributed by atoms with Crippen LogP contribution in [0, 0.1) is 0 Å². The standard InChI is InChI=1S/C13H14BrClN4/c1-8(9-3-5-10(15)6-4-9)19(2)13-17-11(14)7-12(16)18-13/h3-8H,1-2H3,(H2,16,17,18). The van der Waals surface area contributed by atoms with Crippen LogP contribution >= 0.6 is 27.5 Å². The number of hydrogen-bond donors (Lipinski definition) is 1. The van der Waals surface area contributed by atoms with E-state index in [-0.39, 0.29) is 6.04 Å². The number of benzene rings is 1. The average Bonchev–Trinajstić information content (AvgIpc) is 2.37. The highest BCUT2D eigenvalue weighted by molar-refractivity contribution is 9.10. The van der Waals surface area contributed by atoms with Crippen LogP contribution in [0.5, 0.6) is 0 Å². The summed E-state index contributed by atoms with van der Waals surface area (Å²) in [7, 11) is 1.93.